The van der Waals surface area contributed by atoms with E-state index in [1.807, 2.05) is 50.2 Å². The molecular formula is C22H22N2O4. The van der Waals surface area contributed by atoms with Crippen molar-refractivity contribution in [1.82, 2.24) is 10.2 Å². The van der Waals surface area contributed by atoms with E-state index < -0.39 is 5.60 Å². The summed E-state index contributed by atoms with van der Waals surface area (Å²) in [5, 5.41) is 8.29. The van der Waals surface area contributed by atoms with Gasteiger partial charge in [-0.2, -0.15) is 0 Å². The molecule has 0 fully saturated rings. The van der Waals surface area contributed by atoms with Gasteiger partial charge >= 0.3 is 0 Å². The van der Waals surface area contributed by atoms with Crippen LogP contribution in [-0.2, 0) is 0 Å². The van der Waals surface area contributed by atoms with E-state index in [0.29, 0.717) is 40.8 Å². The van der Waals surface area contributed by atoms with Gasteiger partial charge in [0.1, 0.15) is 17.1 Å². The molecule has 0 saturated carbocycles. The number of hydrogen-bond donors (Lipinski definition) is 0. The number of benzene rings is 2. The van der Waals surface area contributed by atoms with Gasteiger partial charge in [0.25, 0.3) is 5.89 Å². The number of nitrogens with zero attached hydrogens (tertiary/aromatic N) is 2. The van der Waals surface area contributed by atoms with Crippen LogP contribution in [0.25, 0.3) is 22.9 Å². The summed E-state index contributed by atoms with van der Waals surface area (Å²) in [5.74, 6) is 2.06. The summed E-state index contributed by atoms with van der Waals surface area (Å²) in [6.07, 6.45) is 1.97. The summed E-state index contributed by atoms with van der Waals surface area (Å²) < 4.78 is 17.4. The van der Waals surface area contributed by atoms with Crippen LogP contribution in [-0.4, -0.2) is 28.7 Å². The summed E-state index contributed by atoms with van der Waals surface area (Å²) >= 11 is 0. The second-order valence-electron chi connectivity index (χ2n) is 6.92. The lowest BCUT2D eigenvalue weighted by Crippen LogP contribution is -2.40. The highest BCUT2D eigenvalue weighted by atomic mass is 16.5. The molecule has 2 aromatic carbocycles. The Morgan fingerprint density at radius 1 is 1.04 bits per heavy atom. The molecule has 0 spiro atoms. The van der Waals surface area contributed by atoms with Gasteiger partial charge in [-0.15, -0.1) is 10.2 Å². The zero-order chi connectivity index (χ0) is 19.7. The van der Waals surface area contributed by atoms with Crippen molar-refractivity contribution >= 4 is 5.78 Å². The minimum absolute atomic E-state index is 0.0799. The van der Waals surface area contributed by atoms with E-state index in [2.05, 4.69) is 10.2 Å². The highest BCUT2D eigenvalue weighted by Gasteiger charge is 2.37. The molecule has 1 aliphatic rings. The SMILES string of the molecule is CCC1(CC)CC(=O)c2cc(-c3nnc(-c4ccccc4OC)o3)ccc2O1. The number of ketones is 1. The van der Waals surface area contributed by atoms with Crippen molar-refractivity contribution in [2.75, 3.05) is 7.11 Å². The zero-order valence-corrected chi connectivity index (χ0v) is 16.2. The quantitative estimate of drug-likeness (QED) is 0.626. The van der Waals surface area contributed by atoms with Gasteiger partial charge in [-0.3, -0.25) is 4.79 Å². The van der Waals surface area contributed by atoms with Crippen molar-refractivity contribution < 1.29 is 18.7 Å². The third-order valence-electron chi connectivity index (χ3n) is 5.39. The second-order valence-corrected chi connectivity index (χ2v) is 6.92. The lowest BCUT2D eigenvalue weighted by Gasteiger charge is -2.36. The van der Waals surface area contributed by atoms with Gasteiger partial charge in [0.15, 0.2) is 5.78 Å². The first-order valence-electron chi connectivity index (χ1n) is 9.42. The van der Waals surface area contributed by atoms with Crippen LogP contribution in [0.2, 0.25) is 0 Å². The minimum Gasteiger partial charge on any atom is -0.496 e. The van der Waals surface area contributed by atoms with E-state index in [4.69, 9.17) is 13.9 Å². The largest absolute Gasteiger partial charge is 0.496 e. The smallest absolute Gasteiger partial charge is 0.251 e. The zero-order valence-electron chi connectivity index (χ0n) is 16.2. The Bertz CT molecular complexity index is 1020. The maximum absolute atomic E-state index is 12.7. The van der Waals surface area contributed by atoms with Crippen molar-refractivity contribution in [3.63, 3.8) is 0 Å². The van der Waals surface area contributed by atoms with Gasteiger partial charge in [0.2, 0.25) is 5.89 Å². The fraction of sp³-hybridized carbons (Fsp3) is 0.318. The lowest BCUT2D eigenvalue weighted by molar-refractivity contribution is 0.0350. The monoisotopic (exact) mass is 378 g/mol. The Kier molecular flexibility index (Phi) is 4.63. The summed E-state index contributed by atoms with van der Waals surface area (Å²) in [6.45, 7) is 4.10. The van der Waals surface area contributed by atoms with Crippen molar-refractivity contribution in [3.8, 4) is 34.4 Å². The topological polar surface area (TPSA) is 74.5 Å². The van der Waals surface area contributed by atoms with Crippen LogP contribution >= 0.6 is 0 Å². The van der Waals surface area contributed by atoms with Crippen LogP contribution in [0.15, 0.2) is 46.9 Å². The van der Waals surface area contributed by atoms with E-state index in [9.17, 15) is 4.79 Å². The predicted molar refractivity (Wildman–Crippen MR) is 105 cm³/mol. The van der Waals surface area contributed by atoms with Gasteiger partial charge in [-0.05, 0) is 43.2 Å². The van der Waals surface area contributed by atoms with E-state index in [1.165, 1.54) is 0 Å². The molecule has 3 aromatic rings. The number of hydrogen-bond acceptors (Lipinski definition) is 6. The average Bonchev–Trinajstić information content (AvgIpc) is 3.23. The van der Waals surface area contributed by atoms with Crippen LogP contribution in [0.5, 0.6) is 11.5 Å². The maximum Gasteiger partial charge on any atom is 0.251 e. The highest BCUT2D eigenvalue weighted by molar-refractivity contribution is 6.01. The summed E-state index contributed by atoms with van der Waals surface area (Å²) in [7, 11) is 1.60. The van der Waals surface area contributed by atoms with Crippen LogP contribution in [0.4, 0.5) is 0 Å². The number of carbonyl (C=O) groups is 1. The third kappa shape index (κ3) is 3.05. The number of Topliss-reactive ketones (excluding diaryl/α,β-unsaturated/α-hetero) is 1. The van der Waals surface area contributed by atoms with Gasteiger partial charge in [0.05, 0.1) is 24.7 Å². The van der Waals surface area contributed by atoms with Crippen LogP contribution in [0.1, 0.15) is 43.5 Å². The normalized spacial score (nSPS) is 15.0. The minimum atomic E-state index is -0.410. The molecular weight excluding hydrogens is 356 g/mol. The van der Waals surface area contributed by atoms with Crippen LogP contribution < -0.4 is 9.47 Å². The van der Waals surface area contributed by atoms with Gasteiger partial charge in [-0.1, -0.05) is 26.0 Å². The lowest BCUT2D eigenvalue weighted by atomic mass is 9.85. The van der Waals surface area contributed by atoms with Crippen LogP contribution in [0, 0.1) is 0 Å². The number of aromatic nitrogens is 2. The molecule has 4 rings (SSSR count). The summed E-state index contributed by atoms with van der Waals surface area (Å²) in [6, 6.07) is 12.9. The van der Waals surface area contributed by atoms with Gasteiger partial charge < -0.3 is 13.9 Å². The number of methoxy groups -OCH3 is 1. The van der Waals surface area contributed by atoms with Crippen molar-refractivity contribution in [1.29, 1.82) is 0 Å². The van der Waals surface area contributed by atoms with E-state index in [-0.39, 0.29) is 5.78 Å². The molecule has 6 heteroatoms. The first-order valence-corrected chi connectivity index (χ1v) is 9.42. The van der Waals surface area contributed by atoms with Crippen molar-refractivity contribution in [2.24, 2.45) is 0 Å². The maximum atomic E-state index is 12.7. The molecule has 0 atom stereocenters. The van der Waals surface area contributed by atoms with Gasteiger partial charge in [-0.25, -0.2) is 0 Å². The molecule has 1 aliphatic heterocycles. The molecule has 28 heavy (non-hydrogen) atoms. The Balaban J connectivity index is 1.68. The Morgan fingerprint density at radius 2 is 1.79 bits per heavy atom. The first kappa shape index (κ1) is 18.2. The molecule has 6 nitrogen and oxygen atoms in total. The fourth-order valence-electron chi connectivity index (χ4n) is 3.54. The number of ether oxygens (including phenoxy) is 2. The summed E-state index contributed by atoms with van der Waals surface area (Å²) in [4.78, 5) is 12.7. The van der Waals surface area contributed by atoms with E-state index in [1.54, 1.807) is 13.2 Å². The van der Waals surface area contributed by atoms with Gasteiger partial charge in [0, 0.05) is 5.56 Å². The van der Waals surface area contributed by atoms with Crippen molar-refractivity contribution in [2.45, 2.75) is 38.7 Å². The number of para-hydroxylation sites is 1. The number of fused-ring (bicyclic) bond motifs is 1. The standard InChI is InChI=1S/C22H22N2O4/c1-4-22(5-2)13-17(25)16-12-14(10-11-19(16)28-22)20-23-24-21(27-20)15-8-6-7-9-18(15)26-3/h6-12H,4-5,13H2,1-3H3. The second kappa shape index (κ2) is 7.11. The Morgan fingerprint density at radius 3 is 2.54 bits per heavy atom. The molecule has 0 unspecified atom stereocenters. The molecule has 0 aliphatic carbocycles. The third-order valence-corrected chi connectivity index (χ3v) is 5.39. The van der Waals surface area contributed by atoms with Crippen LogP contribution in [0.3, 0.4) is 0 Å². The summed E-state index contributed by atoms with van der Waals surface area (Å²) in [5.41, 5.74) is 1.56. The molecule has 0 amide bonds. The highest BCUT2D eigenvalue weighted by Crippen LogP contribution is 2.39. The molecule has 0 radical (unpaired) electrons. The molecule has 1 aromatic heterocycles. The molecule has 0 saturated heterocycles. The predicted octanol–water partition coefficient (Wildman–Crippen LogP) is 4.94. The van der Waals surface area contributed by atoms with Crippen molar-refractivity contribution in [3.05, 3.63) is 48.0 Å². The van der Waals surface area contributed by atoms with E-state index >= 15 is 0 Å². The average molecular weight is 378 g/mol. The molecule has 2 heterocycles. The van der Waals surface area contributed by atoms with E-state index in [0.717, 1.165) is 18.4 Å². The number of rotatable bonds is 5. The molecule has 0 N–H and O–H groups in total. The Hall–Kier alpha value is -3.15. The fourth-order valence-corrected chi connectivity index (χ4v) is 3.54. The number of carbonyl (C=O) groups excluding carboxylic acids is 1. The molecule has 144 valence electrons. The molecule has 0 bridgehead atoms. The Labute approximate surface area is 163 Å². The first-order chi connectivity index (χ1) is 13.6.